The summed E-state index contributed by atoms with van der Waals surface area (Å²) in [6.07, 6.45) is 0.949. The number of hydrogen-bond acceptors (Lipinski definition) is 3. The summed E-state index contributed by atoms with van der Waals surface area (Å²) in [4.78, 5) is 39.5. The van der Waals surface area contributed by atoms with Gasteiger partial charge in [-0.15, -0.1) is 0 Å². The van der Waals surface area contributed by atoms with Crippen molar-refractivity contribution in [1.29, 1.82) is 0 Å². The number of halogens is 1. The van der Waals surface area contributed by atoms with E-state index in [0.29, 0.717) is 29.7 Å². The number of amides is 1. The molecule has 3 rings (SSSR count). The molecule has 2 aromatic rings. The number of carbonyl (C=O) groups is 2. The van der Waals surface area contributed by atoms with Crippen LogP contribution in [-0.2, 0) is 13.0 Å². The summed E-state index contributed by atoms with van der Waals surface area (Å²) >= 11 is 0. The molecule has 1 aromatic heterocycles. The standard InChI is InChI=1S/C19H19FN2O3/c1-19(2)8-15-13(16(23)9-19)7-14(18(25)22-15)17(24)21-10-11-4-3-5-12(20)6-11/h3-7H,8-10H2,1-2H3,(H,21,24)(H,22,25). The number of aromatic nitrogens is 1. The Kier molecular flexibility index (Phi) is 4.29. The van der Waals surface area contributed by atoms with E-state index in [1.54, 1.807) is 12.1 Å². The first-order valence-electron chi connectivity index (χ1n) is 8.07. The summed E-state index contributed by atoms with van der Waals surface area (Å²) in [5.41, 5.74) is 0.710. The third-order valence-corrected chi connectivity index (χ3v) is 4.30. The summed E-state index contributed by atoms with van der Waals surface area (Å²) in [5, 5.41) is 2.58. The highest BCUT2D eigenvalue weighted by Gasteiger charge is 2.32. The van der Waals surface area contributed by atoms with E-state index >= 15 is 0 Å². The third-order valence-electron chi connectivity index (χ3n) is 4.30. The highest BCUT2D eigenvalue weighted by molar-refractivity contribution is 6.02. The van der Waals surface area contributed by atoms with Crippen LogP contribution in [0.2, 0.25) is 0 Å². The van der Waals surface area contributed by atoms with E-state index in [1.165, 1.54) is 18.2 Å². The Morgan fingerprint density at radius 3 is 2.72 bits per heavy atom. The molecule has 1 aromatic carbocycles. The second-order valence-corrected chi connectivity index (χ2v) is 7.16. The Morgan fingerprint density at radius 1 is 1.24 bits per heavy atom. The Hall–Kier alpha value is -2.76. The fourth-order valence-corrected chi connectivity index (χ4v) is 3.12. The lowest BCUT2D eigenvalue weighted by atomic mass is 9.75. The number of hydrogen-bond donors (Lipinski definition) is 2. The summed E-state index contributed by atoms with van der Waals surface area (Å²) in [5.74, 6) is -1.07. The second-order valence-electron chi connectivity index (χ2n) is 7.16. The lowest BCUT2D eigenvalue weighted by Crippen LogP contribution is -2.34. The first-order chi connectivity index (χ1) is 11.7. The Labute approximate surface area is 144 Å². The number of carbonyl (C=O) groups excluding carboxylic acids is 2. The molecule has 1 heterocycles. The number of benzene rings is 1. The van der Waals surface area contributed by atoms with Gasteiger partial charge in [0.1, 0.15) is 11.4 Å². The highest BCUT2D eigenvalue weighted by Crippen LogP contribution is 2.33. The summed E-state index contributed by atoms with van der Waals surface area (Å²) < 4.78 is 13.2. The van der Waals surface area contributed by atoms with Crippen LogP contribution in [0.1, 0.15) is 52.2 Å². The molecule has 1 amide bonds. The molecule has 0 fully saturated rings. The number of rotatable bonds is 3. The van der Waals surface area contributed by atoms with Gasteiger partial charge in [-0.25, -0.2) is 4.39 Å². The molecular formula is C19H19FN2O3. The Morgan fingerprint density at radius 2 is 2.00 bits per heavy atom. The predicted molar refractivity (Wildman–Crippen MR) is 91.1 cm³/mol. The zero-order valence-corrected chi connectivity index (χ0v) is 14.1. The second kappa shape index (κ2) is 6.27. The van der Waals surface area contributed by atoms with E-state index in [0.717, 1.165) is 0 Å². The molecule has 0 spiro atoms. The topological polar surface area (TPSA) is 79.0 Å². The van der Waals surface area contributed by atoms with Gasteiger partial charge in [0.15, 0.2) is 5.78 Å². The van der Waals surface area contributed by atoms with Gasteiger partial charge in [0.25, 0.3) is 11.5 Å². The van der Waals surface area contributed by atoms with Gasteiger partial charge in [-0.2, -0.15) is 0 Å². The normalized spacial score (nSPS) is 15.6. The van der Waals surface area contributed by atoms with Crippen LogP contribution in [0.5, 0.6) is 0 Å². The van der Waals surface area contributed by atoms with Gasteiger partial charge in [0, 0.05) is 24.2 Å². The monoisotopic (exact) mass is 342 g/mol. The van der Waals surface area contributed by atoms with Gasteiger partial charge < -0.3 is 10.3 Å². The van der Waals surface area contributed by atoms with Crippen LogP contribution < -0.4 is 10.9 Å². The molecule has 0 saturated heterocycles. The zero-order valence-electron chi connectivity index (χ0n) is 14.1. The molecule has 6 heteroatoms. The zero-order chi connectivity index (χ0) is 18.2. The Balaban J connectivity index is 1.83. The fourth-order valence-electron chi connectivity index (χ4n) is 3.12. The molecule has 25 heavy (non-hydrogen) atoms. The van der Waals surface area contributed by atoms with Gasteiger partial charge in [-0.05, 0) is 35.6 Å². The van der Waals surface area contributed by atoms with E-state index in [1.807, 2.05) is 13.8 Å². The minimum Gasteiger partial charge on any atom is -0.348 e. The quantitative estimate of drug-likeness (QED) is 0.900. The average Bonchev–Trinajstić information content (AvgIpc) is 2.51. The molecule has 1 aliphatic carbocycles. The molecule has 0 unspecified atom stereocenters. The number of Topliss-reactive ketones (excluding diaryl/α,β-unsaturated/α-hetero) is 1. The van der Waals surface area contributed by atoms with Gasteiger partial charge in [0.05, 0.1) is 0 Å². The number of aromatic amines is 1. The van der Waals surface area contributed by atoms with E-state index in [4.69, 9.17) is 0 Å². The lowest BCUT2D eigenvalue weighted by molar-refractivity contribution is 0.0910. The molecule has 5 nitrogen and oxygen atoms in total. The number of ketones is 1. The highest BCUT2D eigenvalue weighted by atomic mass is 19.1. The van der Waals surface area contributed by atoms with Crippen molar-refractivity contribution in [2.75, 3.05) is 0 Å². The van der Waals surface area contributed by atoms with Gasteiger partial charge >= 0.3 is 0 Å². The van der Waals surface area contributed by atoms with Gasteiger partial charge in [-0.1, -0.05) is 26.0 Å². The SMILES string of the molecule is CC1(C)CC(=O)c2cc(C(=O)NCc3cccc(F)c3)c(=O)[nH]c2C1. The van der Waals surface area contributed by atoms with Crippen LogP contribution in [0.25, 0.3) is 0 Å². The van der Waals surface area contributed by atoms with Crippen LogP contribution in [0.15, 0.2) is 35.1 Å². The summed E-state index contributed by atoms with van der Waals surface area (Å²) in [7, 11) is 0. The lowest BCUT2D eigenvalue weighted by Gasteiger charge is -2.29. The van der Waals surface area contributed by atoms with Crippen molar-refractivity contribution in [3.8, 4) is 0 Å². The van der Waals surface area contributed by atoms with E-state index in [9.17, 15) is 18.8 Å². The minimum atomic E-state index is -0.592. The minimum absolute atomic E-state index is 0.0818. The molecule has 0 aliphatic heterocycles. The van der Waals surface area contributed by atoms with E-state index in [2.05, 4.69) is 10.3 Å². The molecule has 0 saturated carbocycles. The third kappa shape index (κ3) is 3.68. The molecule has 0 atom stereocenters. The number of nitrogens with one attached hydrogen (secondary N) is 2. The first kappa shape index (κ1) is 17.1. The molecule has 0 radical (unpaired) electrons. The van der Waals surface area contributed by atoms with Crippen molar-refractivity contribution in [2.45, 2.75) is 33.2 Å². The average molecular weight is 342 g/mol. The van der Waals surface area contributed by atoms with Crippen LogP contribution in [-0.4, -0.2) is 16.7 Å². The molecule has 2 N–H and O–H groups in total. The molecular weight excluding hydrogens is 323 g/mol. The number of pyridine rings is 1. The van der Waals surface area contributed by atoms with Crippen molar-refractivity contribution in [1.82, 2.24) is 10.3 Å². The maximum absolute atomic E-state index is 13.2. The van der Waals surface area contributed by atoms with Crippen molar-refractivity contribution in [3.05, 3.63) is 68.9 Å². The van der Waals surface area contributed by atoms with E-state index in [-0.39, 0.29) is 23.3 Å². The largest absolute Gasteiger partial charge is 0.348 e. The Bertz CT molecular complexity index is 915. The van der Waals surface area contributed by atoms with Crippen LogP contribution in [0.4, 0.5) is 4.39 Å². The maximum atomic E-state index is 13.2. The van der Waals surface area contributed by atoms with Crippen LogP contribution in [0.3, 0.4) is 0 Å². The summed E-state index contributed by atoms with van der Waals surface area (Å²) in [6, 6.07) is 7.21. The molecule has 0 bridgehead atoms. The first-order valence-corrected chi connectivity index (χ1v) is 8.07. The summed E-state index contributed by atoms with van der Waals surface area (Å²) in [6.45, 7) is 4.02. The van der Waals surface area contributed by atoms with Crippen molar-refractivity contribution in [2.24, 2.45) is 5.41 Å². The van der Waals surface area contributed by atoms with Crippen molar-refractivity contribution < 1.29 is 14.0 Å². The predicted octanol–water partition coefficient (Wildman–Crippen LogP) is 2.60. The van der Waals surface area contributed by atoms with Crippen LogP contribution in [0, 0.1) is 11.2 Å². The smallest absolute Gasteiger partial charge is 0.261 e. The maximum Gasteiger partial charge on any atom is 0.261 e. The molecule has 1 aliphatic rings. The molecule has 130 valence electrons. The van der Waals surface area contributed by atoms with Crippen molar-refractivity contribution >= 4 is 11.7 Å². The van der Waals surface area contributed by atoms with Gasteiger partial charge in [-0.3, -0.25) is 14.4 Å². The number of fused-ring (bicyclic) bond motifs is 1. The van der Waals surface area contributed by atoms with Crippen LogP contribution >= 0.6 is 0 Å². The fraction of sp³-hybridized carbons (Fsp3) is 0.316. The van der Waals surface area contributed by atoms with Crippen molar-refractivity contribution in [3.63, 3.8) is 0 Å². The van der Waals surface area contributed by atoms with Gasteiger partial charge in [0.2, 0.25) is 0 Å². The van der Waals surface area contributed by atoms with E-state index < -0.39 is 17.3 Å². The number of H-pyrrole nitrogens is 1.